The lowest BCUT2D eigenvalue weighted by Gasteiger charge is -2.37. The van der Waals surface area contributed by atoms with Gasteiger partial charge in [-0.15, -0.1) is 0 Å². The molecule has 0 aromatic carbocycles. The molecule has 1 fully saturated rings. The van der Waals surface area contributed by atoms with Gasteiger partial charge < -0.3 is 10.1 Å². The molecule has 3 nitrogen and oxygen atoms in total. The Labute approximate surface area is 101 Å². The topological polar surface area (TPSA) is 24.5 Å². The zero-order chi connectivity index (χ0) is 11.8. The minimum Gasteiger partial charge on any atom is -0.380 e. The third-order valence-electron chi connectivity index (χ3n) is 3.70. The molecule has 1 aliphatic rings. The number of rotatable bonds is 7. The van der Waals surface area contributed by atoms with E-state index in [1.165, 1.54) is 25.7 Å². The third kappa shape index (κ3) is 4.40. The summed E-state index contributed by atoms with van der Waals surface area (Å²) in [7, 11) is 2.09. The van der Waals surface area contributed by atoms with Crippen molar-refractivity contribution < 1.29 is 4.74 Å². The summed E-state index contributed by atoms with van der Waals surface area (Å²) in [5.41, 5.74) is 0. The predicted molar refractivity (Wildman–Crippen MR) is 68.8 cm³/mol. The minimum atomic E-state index is 0.722. The predicted octanol–water partition coefficient (Wildman–Crippen LogP) is 1.88. The average molecular weight is 228 g/mol. The number of likely N-dealkylation sites (N-methyl/N-ethyl adjacent to an activating group) is 1. The number of hydrogen-bond donors (Lipinski definition) is 1. The zero-order valence-corrected chi connectivity index (χ0v) is 11.2. The molecule has 0 bridgehead atoms. The normalized spacial score (nSPS) is 26.2. The number of nitrogens with zero attached hydrogens (tertiary/aromatic N) is 1. The molecule has 0 aromatic heterocycles. The standard InChI is InChI=1S/C13H28N2O/c1-4-15(9-10-16-5-2)13-8-6-7-12(11-13)14-3/h12-14H,4-11H2,1-3H3. The van der Waals surface area contributed by atoms with Crippen molar-refractivity contribution in [2.24, 2.45) is 0 Å². The first kappa shape index (κ1) is 13.9. The van der Waals surface area contributed by atoms with Crippen molar-refractivity contribution in [2.75, 3.05) is 33.4 Å². The second-order valence-electron chi connectivity index (χ2n) is 4.63. The van der Waals surface area contributed by atoms with Crippen LogP contribution in [0.3, 0.4) is 0 Å². The second-order valence-corrected chi connectivity index (χ2v) is 4.63. The molecule has 1 aliphatic carbocycles. The average Bonchev–Trinajstić information content (AvgIpc) is 2.35. The second kappa shape index (κ2) is 8.04. The molecular formula is C13H28N2O. The Morgan fingerprint density at radius 3 is 2.75 bits per heavy atom. The lowest BCUT2D eigenvalue weighted by atomic mass is 9.90. The molecule has 0 amide bonds. The summed E-state index contributed by atoms with van der Waals surface area (Å²) >= 11 is 0. The number of ether oxygens (including phenoxy) is 1. The highest BCUT2D eigenvalue weighted by Gasteiger charge is 2.24. The Morgan fingerprint density at radius 2 is 2.12 bits per heavy atom. The Kier molecular flexibility index (Phi) is 7.01. The molecule has 1 saturated carbocycles. The van der Waals surface area contributed by atoms with E-state index in [0.717, 1.165) is 38.4 Å². The maximum Gasteiger partial charge on any atom is 0.0593 e. The van der Waals surface area contributed by atoms with Crippen LogP contribution in [0, 0.1) is 0 Å². The summed E-state index contributed by atoms with van der Waals surface area (Å²) < 4.78 is 5.45. The lowest BCUT2D eigenvalue weighted by molar-refractivity contribution is 0.0808. The first-order valence-electron chi connectivity index (χ1n) is 6.80. The van der Waals surface area contributed by atoms with Crippen LogP contribution >= 0.6 is 0 Å². The highest BCUT2D eigenvalue weighted by molar-refractivity contribution is 4.82. The Hall–Kier alpha value is -0.120. The number of hydrogen-bond acceptors (Lipinski definition) is 3. The van der Waals surface area contributed by atoms with E-state index in [1.54, 1.807) is 0 Å². The fourth-order valence-corrected chi connectivity index (χ4v) is 2.68. The summed E-state index contributed by atoms with van der Waals surface area (Å²) in [6.45, 7) is 8.27. The van der Waals surface area contributed by atoms with E-state index in [1.807, 2.05) is 0 Å². The van der Waals surface area contributed by atoms with Crippen LogP contribution in [0.2, 0.25) is 0 Å². The minimum absolute atomic E-state index is 0.722. The van der Waals surface area contributed by atoms with Gasteiger partial charge in [0.1, 0.15) is 0 Å². The molecule has 0 aromatic rings. The Morgan fingerprint density at radius 1 is 1.31 bits per heavy atom. The van der Waals surface area contributed by atoms with Crippen molar-refractivity contribution in [3.05, 3.63) is 0 Å². The van der Waals surface area contributed by atoms with Crippen LogP contribution in [0.15, 0.2) is 0 Å². The van der Waals surface area contributed by atoms with Gasteiger partial charge in [-0.25, -0.2) is 0 Å². The van der Waals surface area contributed by atoms with E-state index in [0.29, 0.717) is 0 Å². The van der Waals surface area contributed by atoms with Crippen LogP contribution in [-0.2, 0) is 4.74 Å². The van der Waals surface area contributed by atoms with Gasteiger partial charge in [-0.2, -0.15) is 0 Å². The smallest absolute Gasteiger partial charge is 0.0593 e. The van der Waals surface area contributed by atoms with E-state index >= 15 is 0 Å². The van der Waals surface area contributed by atoms with E-state index < -0.39 is 0 Å². The van der Waals surface area contributed by atoms with Gasteiger partial charge in [-0.05, 0) is 39.8 Å². The van der Waals surface area contributed by atoms with Gasteiger partial charge in [-0.1, -0.05) is 13.3 Å². The molecule has 2 unspecified atom stereocenters. The van der Waals surface area contributed by atoms with Gasteiger partial charge in [0, 0.05) is 25.2 Å². The van der Waals surface area contributed by atoms with Crippen molar-refractivity contribution in [2.45, 2.75) is 51.6 Å². The first-order valence-corrected chi connectivity index (χ1v) is 6.80. The number of nitrogens with one attached hydrogen (secondary N) is 1. The third-order valence-corrected chi connectivity index (χ3v) is 3.70. The molecule has 1 N–H and O–H groups in total. The molecule has 0 heterocycles. The van der Waals surface area contributed by atoms with Gasteiger partial charge in [0.15, 0.2) is 0 Å². The molecule has 96 valence electrons. The summed E-state index contributed by atoms with van der Waals surface area (Å²) in [6.07, 6.45) is 5.37. The first-order chi connectivity index (χ1) is 7.81. The lowest BCUT2D eigenvalue weighted by Crippen LogP contribution is -2.44. The quantitative estimate of drug-likeness (QED) is 0.673. The molecule has 1 rings (SSSR count). The molecule has 16 heavy (non-hydrogen) atoms. The molecule has 0 saturated heterocycles. The van der Waals surface area contributed by atoms with Gasteiger partial charge in [-0.3, -0.25) is 4.90 Å². The molecule has 0 spiro atoms. The van der Waals surface area contributed by atoms with Crippen LogP contribution in [0.5, 0.6) is 0 Å². The summed E-state index contributed by atoms with van der Waals surface area (Å²) in [5, 5.41) is 3.42. The van der Waals surface area contributed by atoms with Gasteiger partial charge in [0.2, 0.25) is 0 Å². The van der Waals surface area contributed by atoms with Crippen molar-refractivity contribution in [1.29, 1.82) is 0 Å². The summed E-state index contributed by atoms with van der Waals surface area (Å²) in [6, 6.07) is 1.48. The summed E-state index contributed by atoms with van der Waals surface area (Å²) in [5.74, 6) is 0. The molecular weight excluding hydrogens is 200 g/mol. The fourth-order valence-electron chi connectivity index (χ4n) is 2.68. The van der Waals surface area contributed by atoms with Crippen LogP contribution in [0.25, 0.3) is 0 Å². The monoisotopic (exact) mass is 228 g/mol. The van der Waals surface area contributed by atoms with Crippen LogP contribution in [0.1, 0.15) is 39.5 Å². The van der Waals surface area contributed by atoms with Crippen LogP contribution < -0.4 is 5.32 Å². The van der Waals surface area contributed by atoms with Crippen molar-refractivity contribution in [3.8, 4) is 0 Å². The SMILES string of the molecule is CCOCCN(CC)C1CCCC(NC)C1. The maximum atomic E-state index is 5.45. The summed E-state index contributed by atoms with van der Waals surface area (Å²) in [4.78, 5) is 2.58. The fraction of sp³-hybridized carbons (Fsp3) is 1.00. The maximum absolute atomic E-state index is 5.45. The van der Waals surface area contributed by atoms with E-state index in [-0.39, 0.29) is 0 Å². The zero-order valence-electron chi connectivity index (χ0n) is 11.2. The van der Waals surface area contributed by atoms with Crippen LogP contribution in [-0.4, -0.2) is 50.3 Å². The molecule has 0 aliphatic heterocycles. The highest BCUT2D eigenvalue weighted by atomic mass is 16.5. The van der Waals surface area contributed by atoms with E-state index in [4.69, 9.17) is 4.74 Å². The van der Waals surface area contributed by atoms with Crippen LogP contribution in [0.4, 0.5) is 0 Å². The molecule has 0 radical (unpaired) electrons. The van der Waals surface area contributed by atoms with Gasteiger partial charge >= 0.3 is 0 Å². The highest BCUT2D eigenvalue weighted by Crippen LogP contribution is 2.22. The molecule has 3 heteroatoms. The van der Waals surface area contributed by atoms with Crippen molar-refractivity contribution >= 4 is 0 Å². The van der Waals surface area contributed by atoms with Gasteiger partial charge in [0.25, 0.3) is 0 Å². The van der Waals surface area contributed by atoms with Crippen molar-refractivity contribution in [1.82, 2.24) is 10.2 Å². The Balaban J connectivity index is 2.32. The molecule has 2 atom stereocenters. The van der Waals surface area contributed by atoms with E-state index in [2.05, 4.69) is 31.1 Å². The van der Waals surface area contributed by atoms with E-state index in [9.17, 15) is 0 Å². The Bertz CT molecular complexity index is 175. The van der Waals surface area contributed by atoms with Crippen molar-refractivity contribution in [3.63, 3.8) is 0 Å². The van der Waals surface area contributed by atoms with Gasteiger partial charge in [0.05, 0.1) is 6.61 Å². The largest absolute Gasteiger partial charge is 0.380 e.